The van der Waals surface area contributed by atoms with Gasteiger partial charge in [-0.1, -0.05) is 0 Å². The molecule has 4 aromatic carbocycles. The Balaban J connectivity index is 0.00000144. The SMILES string of the molecule is Cl.Cl.[CH3][Zr]([CH3])([CH3])([CH3])([CH3])([CH3])([CH3])([CH3])[c]1cccc2c1c1c(c3ccccc32)-c2ccccc2C1. The molecule has 0 nitrogen and oxygen atoms in total. The van der Waals surface area contributed by atoms with Gasteiger partial charge in [-0.15, -0.1) is 24.8 Å². The fraction of sp³-hybridized carbons (Fsp3) is 0.310. The quantitative estimate of drug-likeness (QED) is 0.183. The summed E-state index contributed by atoms with van der Waals surface area (Å²) in [5.41, 5.74) is 5.83. The molecule has 0 fully saturated rings. The van der Waals surface area contributed by atoms with Crippen molar-refractivity contribution in [2.75, 3.05) is 0 Å². The van der Waals surface area contributed by atoms with Crippen LogP contribution in [-0.2, 0) is 19.3 Å². The van der Waals surface area contributed by atoms with E-state index in [-0.39, 0.29) is 24.8 Å². The summed E-state index contributed by atoms with van der Waals surface area (Å²) >= 11 is -5.14. The van der Waals surface area contributed by atoms with Crippen LogP contribution in [0.15, 0.2) is 66.7 Å². The molecule has 0 radical (unpaired) electrons. The molecule has 3 heteroatoms. The Bertz CT molecular complexity index is 1500. The first-order valence-corrected chi connectivity index (χ1v) is 32.5. The van der Waals surface area contributed by atoms with Crippen molar-refractivity contribution >= 4 is 49.6 Å². The van der Waals surface area contributed by atoms with Crippen LogP contribution in [0.25, 0.3) is 32.7 Å². The zero-order valence-electron chi connectivity index (χ0n) is 20.9. The van der Waals surface area contributed by atoms with Gasteiger partial charge in [-0.2, -0.15) is 0 Å². The van der Waals surface area contributed by atoms with Crippen molar-refractivity contribution in [3.05, 3.63) is 77.9 Å². The van der Waals surface area contributed by atoms with Gasteiger partial charge in [0, 0.05) is 0 Å². The van der Waals surface area contributed by atoms with E-state index < -0.39 is 12.8 Å². The molecule has 1 aliphatic rings. The molecule has 0 saturated heterocycles. The van der Waals surface area contributed by atoms with Gasteiger partial charge in [-0.05, 0) is 0 Å². The van der Waals surface area contributed by atoms with E-state index in [1.54, 1.807) is 0 Å². The third kappa shape index (κ3) is 4.00. The van der Waals surface area contributed by atoms with Crippen LogP contribution in [0, 0.1) is 0 Å². The Morgan fingerprint density at radius 1 is 0.562 bits per heavy atom. The molecule has 4 aromatic rings. The maximum absolute atomic E-state index is 5.14. The van der Waals surface area contributed by atoms with Crippen LogP contribution in [0.1, 0.15) is 11.1 Å². The van der Waals surface area contributed by atoms with Crippen LogP contribution in [-0.4, -0.2) is 0 Å². The molecule has 173 valence electrons. The number of benzene rings is 4. The summed E-state index contributed by atoms with van der Waals surface area (Å²) < 4.78 is 22.3. The maximum atomic E-state index is 2.59. The van der Waals surface area contributed by atoms with Gasteiger partial charge in [0.15, 0.2) is 0 Å². The minimum atomic E-state index is -5.14. The molecular formula is C29H39Cl2Zr. The van der Waals surface area contributed by atoms with E-state index in [2.05, 4.69) is 104 Å². The number of fused-ring (bicyclic) bond motifs is 8. The number of halogens is 2. The normalized spacial score (nSPS) is 19.4. The molecule has 0 atom stereocenters. The summed E-state index contributed by atoms with van der Waals surface area (Å²) in [6.07, 6.45) is 1.01. The Kier molecular flexibility index (Phi) is 3.63. The van der Waals surface area contributed by atoms with Gasteiger partial charge in [0.05, 0.1) is 0 Å². The molecule has 0 N–H and O–H groups in total. The first kappa shape index (κ1) is 25.5. The number of rotatable bonds is 1. The predicted octanol–water partition coefficient (Wildman–Crippen LogP) is 10.3. The molecule has 0 spiro atoms. The molecule has 0 amide bonds. The summed E-state index contributed by atoms with van der Waals surface area (Å²) in [7, 11) is 0. The first-order valence-electron chi connectivity index (χ1n) is 11.6. The Morgan fingerprint density at radius 2 is 1.09 bits per heavy atom. The molecule has 0 heterocycles. The van der Waals surface area contributed by atoms with Gasteiger partial charge in [0.1, 0.15) is 0 Å². The molecule has 0 aliphatic heterocycles. The molecule has 0 aromatic heterocycles. The van der Waals surface area contributed by atoms with Crippen molar-refractivity contribution in [2.45, 2.75) is 43.5 Å². The van der Waals surface area contributed by atoms with Crippen molar-refractivity contribution in [3.63, 3.8) is 0 Å². The summed E-state index contributed by atoms with van der Waals surface area (Å²) in [5.74, 6) is 0. The molecule has 0 unspecified atom stereocenters. The van der Waals surface area contributed by atoms with E-state index in [0.717, 1.165) is 6.42 Å². The number of hydrogen-bond donors (Lipinski definition) is 0. The van der Waals surface area contributed by atoms with E-state index >= 15 is 0 Å². The topological polar surface area (TPSA) is 0 Å². The van der Waals surface area contributed by atoms with Crippen LogP contribution < -0.4 is 3.27 Å². The molecular weight excluding hydrogens is 510 g/mol. The van der Waals surface area contributed by atoms with Crippen molar-refractivity contribution in [1.29, 1.82) is 0 Å². The third-order valence-electron chi connectivity index (χ3n) is 6.96. The summed E-state index contributed by atoms with van der Waals surface area (Å²) in [6, 6.07) is 25.1. The van der Waals surface area contributed by atoms with E-state index in [9.17, 15) is 0 Å². The second-order valence-corrected chi connectivity index (χ2v) is 102. The van der Waals surface area contributed by atoms with Crippen molar-refractivity contribution in [1.82, 2.24) is 0 Å². The fourth-order valence-corrected chi connectivity index (χ4v) is 14.7. The summed E-state index contributed by atoms with van der Waals surface area (Å²) in [4.78, 5) is 0. The van der Waals surface area contributed by atoms with E-state index in [0.29, 0.717) is 0 Å². The minimum absolute atomic E-state index is 0. The Morgan fingerprint density at radius 3 is 1.72 bits per heavy atom. The van der Waals surface area contributed by atoms with Crippen LogP contribution in [0.4, 0.5) is 0 Å². The van der Waals surface area contributed by atoms with E-state index in [1.165, 1.54) is 47.1 Å². The van der Waals surface area contributed by atoms with Gasteiger partial charge >= 0.3 is 170 Å². The van der Waals surface area contributed by atoms with Crippen molar-refractivity contribution in [2.24, 2.45) is 0 Å². The van der Waals surface area contributed by atoms with Crippen LogP contribution in [0.3, 0.4) is 0 Å². The average Bonchev–Trinajstić information content (AvgIpc) is 2.98. The third-order valence-corrected chi connectivity index (χ3v) is 18.6. The molecule has 0 bridgehead atoms. The second kappa shape index (κ2) is 4.56. The van der Waals surface area contributed by atoms with Crippen LogP contribution in [0.5, 0.6) is 0 Å². The molecule has 32 heavy (non-hydrogen) atoms. The zero-order valence-corrected chi connectivity index (χ0v) is 25.0. The standard InChI is InChI=1S/C21H13.8CH3.2ClH.Zr/c1-2-8-15-14(7-1)13-20-18-11-4-3-9-16(18)17-10-5-6-12-19(17)21(15)20;;;;;;;;;;;/h1-10,12H,13H2;8*1H3;2*1H;. The van der Waals surface area contributed by atoms with Gasteiger partial charge < -0.3 is 0 Å². The monoisotopic (exact) mass is 547 g/mol. The van der Waals surface area contributed by atoms with E-state index in [1.807, 2.05) is 0 Å². The van der Waals surface area contributed by atoms with Gasteiger partial charge in [0.2, 0.25) is 0 Å². The first-order chi connectivity index (χ1) is 13.1. The van der Waals surface area contributed by atoms with Crippen LogP contribution in [0.2, 0.25) is 37.1 Å². The van der Waals surface area contributed by atoms with Gasteiger partial charge in [0.25, 0.3) is 0 Å². The average molecular weight is 550 g/mol. The van der Waals surface area contributed by atoms with Gasteiger partial charge in [-0.3, -0.25) is 0 Å². The Labute approximate surface area is 193 Å². The van der Waals surface area contributed by atoms with E-state index in [4.69, 9.17) is 0 Å². The Hall–Kier alpha value is -1.14. The fourth-order valence-electron chi connectivity index (χ4n) is 5.59. The molecule has 1 aliphatic carbocycles. The van der Waals surface area contributed by atoms with Gasteiger partial charge in [-0.25, -0.2) is 0 Å². The summed E-state index contributed by atoms with van der Waals surface area (Å²) in [5, 5.41) is 5.64. The van der Waals surface area contributed by atoms with Crippen LogP contribution >= 0.6 is 24.8 Å². The summed E-state index contributed by atoms with van der Waals surface area (Å²) in [6.45, 7) is 0. The van der Waals surface area contributed by atoms with Crippen molar-refractivity contribution in [3.8, 4) is 11.1 Å². The molecule has 0 saturated carbocycles. The number of hydrogen-bond acceptors (Lipinski definition) is 0. The second-order valence-electron chi connectivity index (χ2n) is 22.0. The zero-order chi connectivity index (χ0) is 22.0. The molecule has 5 rings (SSSR count). The predicted molar refractivity (Wildman–Crippen MR) is 151 cm³/mol. The van der Waals surface area contributed by atoms with Crippen molar-refractivity contribution < 1.29 is 12.8 Å².